The molecule has 2 aromatic carbocycles. The van der Waals surface area contributed by atoms with Crippen molar-refractivity contribution >= 4 is 6.21 Å². The molecule has 0 saturated carbocycles. The topological polar surface area (TPSA) is 43.4 Å². The average molecular weight is 283 g/mol. The van der Waals surface area contributed by atoms with Crippen LogP contribution in [0, 0.1) is 0 Å². The summed E-state index contributed by atoms with van der Waals surface area (Å²) in [5.41, 5.74) is 1.98. The monoisotopic (exact) mass is 283 g/mol. The largest absolute Gasteiger partial charge is 0.490 e. The predicted molar refractivity (Wildman–Crippen MR) is 80.5 cm³/mol. The first-order chi connectivity index (χ1) is 10.4. The van der Waals surface area contributed by atoms with Crippen LogP contribution in [0.3, 0.4) is 0 Å². The number of benzene rings is 2. The van der Waals surface area contributed by atoms with Gasteiger partial charge in [0.25, 0.3) is 0 Å². The van der Waals surface area contributed by atoms with Gasteiger partial charge in [0.15, 0.2) is 0 Å². The molecule has 1 atom stereocenters. The van der Waals surface area contributed by atoms with E-state index in [4.69, 9.17) is 14.3 Å². The summed E-state index contributed by atoms with van der Waals surface area (Å²) in [6.07, 6.45) is 1.91. The molecule has 0 aliphatic carbocycles. The van der Waals surface area contributed by atoms with E-state index in [-0.39, 0.29) is 6.10 Å². The van der Waals surface area contributed by atoms with Crippen LogP contribution in [0.2, 0.25) is 0 Å². The van der Waals surface area contributed by atoms with Crippen LogP contribution in [0.5, 0.6) is 5.75 Å². The average Bonchev–Trinajstić information content (AvgIpc) is 3.36. The van der Waals surface area contributed by atoms with Crippen LogP contribution in [0.15, 0.2) is 59.8 Å². The summed E-state index contributed by atoms with van der Waals surface area (Å²) in [5, 5.41) is 4.00. The van der Waals surface area contributed by atoms with Gasteiger partial charge in [-0.3, -0.25) is 0 Å². The Balaban J connectivity index is 1.54. The minimum atomic E-state index is 0.240. The van der Waals surface area contributed by atoms with Gasteiger partial charge in [0.2, 0.25) is 0 Å². The van der Waals surface area contributed by atoms with Crippen LogP contribution < -0.4 is 4.74 Å². The third-order valence-corrected chi connectivity index (χ3v) is 3.09. The summed E-state index contributed by atoms with van der Waals surface area (Å²) in [6.45, 7) is 1.82. The van der Waals surface area contributed by atoms with Gasteiger partial charge in [-0.2, -0.15) is 0 Å². The summed E-state index contributed by atoms with van der Waals surface area (Å²) < 4.78 is 10.8. The molecule has 0 amide bonds. The van der Waals surface area contributed by atoms with E-state index < -0.39 is 0 Å². The number of hydrogen-bond acceptors (Lipinski definition) is 4. The second-order valence-electron chi connectivity index (χ2n) is 4.80. The van der Waals surface area contributed by atoms with Gasteiger partial charge < -0.3 is 14.3 Å². The highest BCUT2D eigenvalue weighted by Gasteiger charge is 2.23. The molecule has 1 unspecified atom stereocenters. The van der Waals surface area contributed by atoms with Crippen molar-refractivity contribution in [2.75, 3.05) is 13.2 Å². The van der Waals surface area contributed by atoms with Gasteiger partial charge in [0.05, 0.1) is 12.8 Å². The molecular formula is C17H17NO3. The molecule has 21 heavy (non-hydrogen) atoms. The molecule has 2 aromatic rings. The lowest BCUT2D eigenvalue weighted by atomic mass is 10.2. The number of hydrogen-bond donors (Lipinski definition) is 0. The molecule has 0 bridgehead atoms. The maximum atomic E-state index is 5.70. The zero-order valence-electron chi connectivity index (χ0n) is 11.6. The Morgan fingerprint density at radius 2 is 1.86 bits per heavy atom. The van der Waals surface area contributed by atoms with Gasteiger partial charge >= 0.3 is 0 Å². The van der Waals surface area contributed by atoms with E-state index in [1.54, 1.807) is 6.21 Å². The molecular weight excluding hydrogens is 266 g/mol. The van der Waals surface area contributed by atoms with E-state index in [0.717, 1.165) is 23.5 Å². The van der Waals surface area contributed by atoms with Crippen LogP contribution in [-0.4, -0.2) is 25.5 Å². The van der Waals surface area contributed by atoms with Gasteiger partial charge in [-0.25, -0.2) is 0 Å². The fraction of sp³-hybridized carbons (Fsp3) is 0.235. The Morgan fingerprint density at radius 1 is 1.10 bits per heavy atom. The van der Waals surface area contributed by atoms with Gasteiger partial charge in [-0.15, -0.1) is 0 Å². The molecule has 4 heteroatoms. The van der Waals surface area contributed by atoms with Gasteiger partial charge in [0.1, 0.15) is 25.1 Å². The highest BCUT2D eigenvalue weighted by atomic mass is 16.6. The predicted octanol–water partition coefficient (Wildman–Crippen LogP) is 3.01. The molecule has 0 spiro atoms. The van der Waals surface area contributed by atoms with Crippen LogP contribution in [0.1, 0.15) is 11.1 Å². The number of oxime groups is 1. The van der Waals surface area contributed by atoms with Gasteiger partial charge in [-0.1, -0.05) is 47.6 Å². The SMILES string of the molecule is C(=NOCc1ccccc1)c1ccccc1OCC1CO1. The molecule has 108 valence electrons. The smallest absolute Gasteiger partial charge is 0.142 e. The normalized spacial score (nSPS) is 16.9. The fourth-order valence-electron chi connectivity index (χ4n) is 1.85. The van der Waals surface area contributed by atoms with Crippen molar-refractivity contribution < 1.29 is 14.3 Å². The third-order valence-electron chi connectivity index (χ3n) is 3.09. The van der Waals surface area contributed by atoms with Crippen LogP contribution >= 0.6 is 0 Å². The van der Waals surface area contributed by atoms with E-state index >= 15 is 0 Å². The Morgan fingerprint density at radius 3 is 2.67 bits per heavy atom. The lowest BCUT2D eigenvalue weighted by Crippen LogP contribution is -2.05. The van der Waals surface area contributed by atoms with Crippen LogP contribution in [0.25, 0.3) is 0 Å². The number of nitrogens with zero attached hydrogens (tertiary/aromatic N) is 1. The van der Waals surface area contributed by atoms with E-state index in [9.17, 15) is 0 Å². The van der Waals surface area contributed by atoms with Gasteiger partial charge in [0, 0.05) is 5.56 Å². The van der Waals surface area contributed by atoms with Crippen LogP contribution in [-0.2, 0) is 16.2 Å². The summed E-state index contributed by atoms with van der Waals surface area (Å²) in [5.74, 6) is 0.792. The maximum Gasteiger partial charge on any atom is 0.142 e. The van der Waals surface area contributed by atoms with Crippen molar-refractivity contribution in [1.82, 2.24) is 0 Å². The van der Waals surface area contributed by atoms with E-state index in [2.05, 4.69) is 5.16 Å². The summed E-state index contributed by atoms with van der Waals surface area (Å²) in [4.78, 5) is 5.31. The Bertz CT molecular complexity index is 594. The van der Waals surface area contributed by atoms with Crippen molar-refractivity contribution in [3.8, 4) is 5.75 Å². The zero-order chi connectivity index (χ0) is 14.3. The van der Waals surface area contributed by atoms with Gasteiger partial charge in [-0.05, 0) is 17.7 Å². The molecule has 0 radical (unpaired) electrons. The fourth-order valence-corrected chi connectivity index (χ4v) is 1.85. The van der Waals surface area contributed by atoms with Crippen LogP contribution in [0.4, 0.5) is 0 Å². The first-order valence-electron chi connectivity index (χ1n) is 6.94. The van der Waals surface area contributed by atoms with Crippen molar-refractivity contribution in [1.29, 1.82) is 0 Å². The maximum absolute atomic E-state index is 5.70. The lowest BCUT2D eigenvalue weighted by molar-refractivity contribution is 0.132. The Hall–Kier alpha value is -2.33. The zero-order valence-corrected chi connectivity index (χ0v) is 11.6. The molecule has 1 heterocycles. The second kappa shape index (κ2) is 6.90. The minimum absolute atomic E-state index is 0.240. The molecule has 3 rings (SSSR count). The summed E-state index contributed by atoms with van der Waals surface area (Å²) in [7, 11) is 0. The number of epoxide rings is 1. The van der Waals surface area contributed by atoms with Crippen molar-refractivity contribution in [3.05, 3.63) is 65.7 Å². The molecule has 4 nitrogen and oxygen atoms in total. The molecule has 1 aliphatic heterocycles. The lowest BCUT2D eigenvalue weighted by Gasteiger charge is -2.07. The Labute approximate surface area is 123 Å². The third kappa shape index (κ3) is 4.33. The first kappa shape index (κ1) is 13.6. The molecule has 1 fully saturated rings. The van der Waals surface area contributed by atoms with Crippen molar-refractivity contribution in [2.24, 2.45) is 5.16 Å². The molecule has 0 aromatic heterocycles. The Kier molecular flexibility index (Phi) is 4.49. The summed E-state index contributed by atoms with van der Waals surface area (Å²) in [6, 6.07) is 17.7. The van der Waals surface area contributed by atoms with E-state index in [1.165, 1.54) is 0 Å². The number of para-hydroxylation sites is 1. The number of rotatable bonds is 7. The highest BCUT2D eigenvalue weighted by molar-refractivity contribution is 5.83. The number of ether oxygens (including phenoxy) is 2. The molecule has 0 N–H and O–H groups in total. The highest BCUT2D eigenvalue weighted by Crippen LogP contribution is 2.18. The molecule has 1 aliphatic rings. The van der Waals surface area contributed by atoms with E-state index in [1.807, 2.05) is 54.6 Å². The van der Waals surface area contributed by atoms with Crippen molar-refractivity contribution in [2.45, 2.75) is 12.7 Å². The summed E-state index contributed by atoms with van der Waals surface area (Å²) >= 11 is 0. The minimum Gasteiger partial charge on any atom is -0.490 e. The quantitative estimate of drug-likeness (QED) is 0.445. The standard InChI is InChI=1S/C17H17NO3/c1-2-6-14(7-3-1)11-21-18-10-15-8-4-5-9-17(15)20-13-16-12-19-16/h1-10,16H,11-13H2. The second-order valence-corrected chi connectivity index (χ2v) is 4.80. The first-order valence-corrected chi connectivity index (χ1v) is 6.94. The van der Waals surface area contributed by atoms with E-state index in [0.29, 0.717) is 13.2 Å². The van der Waals surface area contributed by atoms with Crippen molar-refractivity contribution in [3.63, 3.8) is 0 Å². The molecule has 1 saturated heterocycles.